The molecule has 1 saturated carbocycles. The lowest BCUT2D eigenvalue weighted by molar-refractivity contribution is -0.128. The molecule has 0 heterocycles. The van der Waals surface area contributed by atoms with Gasteiger partial charge in [-0.1, -0.05) is 18.6 Å². The molecule has 2 atom stereocenters. The monoisotopic (exact) mass is 234 g/mol. The van der Waals surface area contributed by atoms with Crippen LogP contribution in [0.25, 0.3) is 0 Å². The Morgan fingerprint density at radius 3 is 2.59 bits per heavy atom. The number of methoxy groups -OCH3 is 1. The number of hydrogen-bond acceptors (Lipinski definition) is 3. The number of ether oxygens (including phenoxy) is 1. The maximum Gasteiger partial charge on any atom is 0.138 e. The fourth-order valence-corrected chi connectivity index (χ4v) is 2.38. The summed E-state index contributed by atoms with van der Waals surface area (Å²) in [6.07, 6.45) is 2.73. The first kappa shape index (κ1) is 12.1. The molecular formula is C14H18O3. The van der Waals surface area contributed by atoms with E-state index in [0.717, 1.165) is 30.6 Å². The van der Waals surface area contributed by atoms with Gasteiger partial charge in [-0.3, -0.25) is 4.79 Å². The maximum absolute atomic E-state index is 11.7. The largest absolute Gasteiger partial charge is 0.497 e. The molecule has 0 aliphatic heterocycles. The second kappa shape index (κ2) is 5.32. The molecule has 0 bridgehead atoms. The number of ketones is 1. The summed E-state index contributed by atoms with van der Waals surface area (Å²) in [4.78, 5) is 11.7. The Hall–Kier alpha value is -1.35. The highest BCUT2D eigenvalue weighted by atomic mass is 16.5. The Bertz CT molecular complexity index is 383. The smallest absolute Gasteiger partial charge is 0.138 e. The number of carbonyl (C=O) groups is 1. The standard InChI is InChI=1S/C14H18O3/c1-17-11-8-6-10(7-9-11)14(16)12-4-2-3-5-13(12)15/h6-9,12,14,16H,2-5H2,1H3/t12?,14-/m0/s1. The Morgan fingerprint density at radius 2 is 2.00 bits per heavy atom. The van der Waals surface area contributed by atoms with Gasteiger partial charge >= 0.3 is 0 Å². The van der Waals surface area contributed by atoms with Crippen molar-refractivity contribution in [3.05, 3.63) is 29.8 Å². The molecule has 3 nitrogen and oxygen atoms in total. The van der Waals surface area contributed by atoms with Crippen LogP contribution in [-0.2, 0) is 4.79 Å². The normalized spacial score (nSPS) is 22.2. The molecule has 1 aromatic rings. The van der Waals surface area contributed by atoms with E-state index < -0.39 is 6.10 Å². The molecule has 1 N–H and O–H groups in total. The van der Waals surface area contributed by atoms with Crippen LogP contribution in [0.15, 0.2) is 24.3 Å². The predicted octanol–water partition coefficient (Wildman–Crippen LogP) is 2.49. The van der Waals surface area contributed by atoms with Gasteiger partial charge in [0, 0.05) is 12.3 Å². The second-order valence-electron chi connectivity index (χ2n) is 4.54. The Morgan fingerprint density at radius 1 is 1.29 bits per heavy atom. The van der Waals surface area contributed by atoms with Gasteiger partial charge in [0.2, 0.25) is 0 Å². The van der Waals surface area contributed by atoms with E-state index in [1.165, 1.54) is 0 Å². The molecule has 0 saturated heterocycles. The number of Topliss-reactive ketones (excluding diaryl/α,β-unsaturated/α-hetero) is 1. The molecule has 1 aliphatic rings. The minimum atomic E-state index is -0.672. The highest BCUT2D eigenvalue weighted by Crippen LogP contribution is 2.32. The summed E-state index contributed by atoms with van der Waals surface area (Å²) in [6, 6.07) is 7.27. The van der Waals surface area contributed by atoms with Gasteiger partial charge in [0.1, 0.15) is 11.5 Å². The zero-order valence-corrected chi connectivity index (χ0v) is 10.1. The summed E-state index contributed by atoms with van der Waals surface area (Å²) in [5, 5.41) is 10.2. The molecule has 1 unspecified atom stereocenters. The number of benzene rings is 1. The fourth-order valence-electron chi connectivity index (χ4n) is 2.38. The summed E-state index contributed by atoms with van der Waals surface area (Å²) >= 11 is 0. The zero-order valence-electron chi connectivity index (χ0n) is 10.1. The highest BCUT2D eigenvalue weighted by Gasteiger charge is 2.29. The molecule has 17 heavy (non-hydrogen) atoms. The number of hydrogen-bond donors (Lipinski definition) is 1. The zero-order chi connectivity index (χ0) is 12.3. The van der Waals surface area contributed by atoms with Crippen LogP contribution in [0.1, 0.15) is 37.4 Å². The van der Waals surface area contributed by atoms with Crippen LogP contribution in [0.3, 0.4) is 0 Å². The minimum absolute atomic E-state index is 0.194. The average Bonchev–Trinajstić information content (AvgIpc) is 2.39. The van der Waals surface area contributed by atoms with E-state index in [9.17, 15) is 9.90 Å². The van der Waals surface area contributed by atoms with Gasteiger partial charge in [-0.25, -0.2) is 0 Å². The van der Waals surface area contributed by atoms with Crippen molar-refractivity contribution in [1.82, 2.24) is 0 Å². The number of aliphatic hydroxyl groups is 1. The number of aliphatic hydroxyl groups excluding tert-OH is 1. The molecule has 2 rings (SSSR count). The van der Waals surface area contributed by atoms with Gasteiger partial charge < -0.3 is 9.84 Å². The third kappa shape index (κ3) is 2.67. The summed E-state index contributed by atoms with van der Waals surface area (Å²) in [6.45, 7) is 0. The van der Waals surface area contributed by atoms with E-state index in [2.05, 4.69) is 0 Å². The van der Waals surface area contributed by atoms with Crippen LogP contribution in [0.2, 0.25) is 0 Å². The molecule has 3 heteroatoms. The Kier molecular flexibility index (Phi) is 3.79. The Balaban J connectivity index is 2.12. The first-order valence-corrected chi connectivity index (χ1v) is 6.07. The van der Waals surface area contributed by atoms with Crippen molar-refractivity contribution in [1.29, 1.82) is 0 Å². The van der Waals surface area contributed by atoms with Crippen molar-refractivity contribution in [2.24, 2.45) is 5.92 Å². The van der Waals surface area contributed by atoms with Gasteiger partial charge in [0.25, 0.3) is 0 Å². The highest BCUT2D eigenvalue weighted by molar-refractivity contribution is 5.82. The second-order valence-corrected chi connectivity index (χ2v) is 4.54. The molecule has 1 aliphatic carbocycles. The van der Waals surface area contributed by atoms with Crippen molar-refractivity contribution >= 4 is 5.78 Å². The van der Waals surface area contributed by atoms with Gasteiger partial charge in [-0.2, -0.15) is 0 Å². The van der Waals surface area contributed by atoms with Crippen LogP contribution >= 0.6 is 0 Å². The van der Waals surface area contributed by atoms with Crippen LogP contribution in [0, 0.1) is 5.92 Å². The SMILES string of the molecule is COc1ccc([C@H](O)C2CCCCC2=O)cc1. The summed E-state index contributed by atoms with van der Waals surface area (Å²) < 4.78 is 5.07. The molecule has 0 aromatic heterocycles. The van der Waals surface area contributed by atoms with Gasteiger partial charge in [0.15, 0.2) is 0 Å². The fraction of sp³-hybridized carbons (Fsp3) is 0.500. The third-order valence-electron chi connectivity index (χ3n) is 3.44. The van der Waals surface area contributed by atoms with Gasteiger partial charge in [-0.15, -0.1) is 0 Å². The van der Waals surface area contributed by atoms with Crippen LogP contribution in [-0.4, -0.2) is 18.0 Å². The Labute approximate surface area is 101 Å². The summed E-state index contributed by atoms with van der Waals surface area (Å²) in [5.74, 6) is 0.729. The average molecular weight is 234 g/mol. The molecule has 0 amide bonds. The van der Waals surface area contributed by atoms with Crippen molar-refractivity contribution in [2.75, 3.05) is 7.11 Å². The first-order chi connectivity index (χ1) is 8.22. The molecular weight excluding hydrogens is 216 g/mol. The van der Waals surface area contributed by atoms with Crippen LogP contribution < -0.4 is 4.74 Å². The van der Waals surface area contributed by atoms with Gasteiger partial charge in [-0.05, 0) is 30.5 Å². The van der Waals surface area contributed by atoms with Crippen LogP contribution in [0.5, 0.6) is 5.75 Å². The minimum Gasteiger partial charge on any atom is -0.497 e. The van der Waals surface area contributed by atoms with E-state index >= 15 is 0 Å². The van der Waals surface area contributed by atoms with Crippen LogP contribution in [0.4, 0.5) is 0 Å². The van der Waals surface area contributed by atoms with E-state index in [-0.39, 0.29) is 11.7 Å². The lowest BCUT2D eigenvalue weighted by atomic mass is 9.82. The van der Waals surface area contributed by atoms with E-state index in [0.29, 0.717) is 6.42 Å². The van der Waals surface area contributed by atoms with Crippen molar-refractivity contribution in [3.63, 3.8) is 0 Å². The van der Waals surface area contributed by atoms with E-state index in [4.69, 9.17) is 4.74 Å². The number of carbonyl (C=O) groups excluding carboxylic acids is 1. The third-order valence-corrected chi connectivity index (χ3v) is 3.44. The molecule has 1 fully saturated rings. The van der Waals surface area contributed by atoms with Crippen molar-refractivity contribution < 1.29 is 14.6 Å². The maximum atomic E-state index is 11.7. The lowest BCUT2D eigenvalue weighted by Crippen LogP contribution is -2.25. The molecule has 0 radical (unpaired) electrons. The summed E-state index contributed by atoms with van der Waals surface area (Å²) in [7, 11) is 1.61. The first-order valence-electron chi connectivity index (χ1n) is 6.07. The van der Waals surface area contributed by atoms with Crippen molar-refractivity contribution in [2.45, 2.75) is 31.8 Å². The van der Waals surface area contributed by atoms with Gasteiger partial charge in [0.05, 0.1) is 13.2 Å². The van der Waals surface area contributed by atoms with E-state index in [1.807, 2.05) is 24.3 Å². The predicted molar refractivity (Wildman–Crippen MR) is 64.9 cm³/mol. The lowest BCUT2D eigenvalue weighted by Gasteiger charge is -2.25. The topological polar surface area (TPSA) is 46.5 Å². The number of rotatable bonds is 3. The molecule has 0 spiro atoms. The quantitative estimate of drug-likeness (QED) is 0.874. The van der Waals surface area contributed by atoms with Crippen molar-refractivity contribution in [3.8, 4) is 5.75 Å². The van der Waals surface area contributed by atoms with E-state index in [1.54, 1.807) is 7.11 Å². The molecule has 92 valence electrons. The molecule has 1 aromatic carbocycles. The summed E-state index contributed by atoms with van der Waals surface area (Å²) in [5.41, 5.74) is 0.797.